The van der Waals surface area contributed by atoms with Crippen LogP contribution in [0.3, 0.4) is 0 Å². The number of hydrogen-bond acceptors (Lipinski definition) is 5. The molecule has 0 radical (unpaired) electrons. The number of rotatable bonds is 3. The second-order valence-corrected chi connectivity index (χ2v) is 4.90. The van der Waals surface area contributed by atoms with Crippen LogP contribution in [0.2, 0.25) is 0 Å². The first-order valence-electron chi connectivity index (χ1n) is 5.65. The third-order valence-electron chi connectivity index (χ3n) is 2.55. The van der Waals surface area contributed by atoms with E-state index in [2.05, 4.69) is 15.3 Å². The first-order chi connectivity index (χ1) is 8.25. The van der Waals surface area contributed by atoms with Gasteiger partial charge in [0.1, 0.15) is 0 Å². The third-order valence-corrected chi connectivity index (χ3v) is 3.41. The van der Waals surface area contributed by atoms with Crippen LogP contribution in [0.1, 0.15) is 5.56 Å². The van der Waals surface area contributed by atoms with Crippen molar-refractivity contribution in [2.75, 3.05) is 31.9 Å². The minimum absolute atomic E-state index is 0.167. The van der Waals surface area contributed by atoms with E-state index in [1.165, 1.54) is 11.8 Å². The molecule has 1 N–H and O–H groups in total. The van der Waals surface area contributed by atoms with Gasteiger partial charge >= 0.3 is 0 Å². The van der Waals surface area contributed by atoms with Crippen molar-refractivity contribution in [3.8, 4) is 0 Å². The van der Waals surface area contributed by atoms with Gasteiger partial charge in [0.25, 0.3) is 0 Å². The van der Waals surface area contributed by atoms with Crippen molar-refractivity contribution in [3.05, 3.63) is 18.0 Å². The normalized spacial score (nSPS) is 15.9. The van der Waals surface area contributed by atoms with Crippen molar-refractivity contribution < 1.29 is 4.79 Å². The molecule has 1 amide bonds. The summed E-state index contributed by atoms with van der Waals surface area (Å²) in [6.45, 7) is 5.32. The van der Waals surface area contributed by atoms with Crippen LogP contribution >= 0.6 is 11.8 Å². The van der Waals surface area contributed by atoms with Gasteiger partial charge in [-0.05, 0) is 12.5 Å². The van der Waals surface area contributed by atoms with Crippen LogP contribution in [0.5, 0.6) is 0 Å². The van der Waals surface area contributed by atoms with Gasteiger partial charge in [0.05, 0.1) is 5.75 Å². The Morgan fingerprint density at radius 1 is 1.41 bits per heavy atom. The van der Waals surface area contributed by atoms with Crippen molar-refractivity contribution in [3.63, 3.8) is 0 Å². The first kappa shape index (κ1) is 12.3. The van der Waals surface area contributed by atoms with Crippen LogP contribution in [0.4, 0.5) is 0 Å². The van der Waals surface area contributed by atoms with Crippen LogP contribution in [-0.4, -0.2) is 52.7 Å². The molecule has 2 rings (SSSR count). The fourth-order valence-corrected chi connectivity index (χ4v) is 2.28. The highest BCUT2D eigenvalue weighted by Crippen LogP contribution is 2.12. The molecule has 0 aromatic carbocycles. The van der Waals surface area contributed by atoms with Crippen molar-refractivity contribution in [2.45, 2.75) is 12.1 Å². The summed E-state index contributed by atoms with van der Waals surface area (Å²) in [5.74, 6) is 0.587. The summed E-state index contributed by atoms with van der Waals surface area (Å²) in [7, 11) is 0. The molecular formula is C11H16N4OS. The molecule has 0 bridgehead atoms. The lowest BCUT2D eigenvalue weighted by molar-refractivity contribution is -0.128. The van der Waals surface area contributed by atoms with Gasteiger partial charge in [-0.1, -0.05) is 11.8 Å². The Balaban J connectivity index is 1.81. The zero-order valence-corrected chi connectivity index (χ0v) is 10.7. The number of piperazine rings is 1. The Bertz CT molecular complexity index is 376. The summed E-state index contributed by atoms with van der Waals surface area (Å²) in [6, 6.07) is 0. The fraction of sp³-hybridized carbons (Fsp3) is 0.545. The maximum atomic E-state index is 11.9. The largest absolute Gasteiger partial charge is 0.339 e. The lowest BCUT2D eigenvalue weighted by Gasteiger charge is -2.27. The molecule has 6 heteroatoms. The Morgan fingerprint density at radius 2 is 2.06 bits per heavy atom. The highest BCUT2D eigenvalue weighted by molar-refractivity contribution is 7.99. The van der Waals surface area contributed by atoms with Crippen molar-refractivity contribution in [1.29, 1.82) is 0 Å². The van der Waals surface area contributed by atoms with E-state index in [0.717, 1.165) is 31.7 Å². The fourth-order valence-electron chi connectivity index (χ4n) is 1.59. The van der Waals surface area contributed by atoms with Gasteiger partial charge in [-0.15, -0.1) is 0 Å². The minimum Gasteiger partial charge on any atom is -0.339 e. The molecule has 1 aromatic rings. The molecule has 5 nitrogen and oxygen atoms in total. The van der Waals surface area contributed by atoms with Crippen molar-refractivity contribution in [1.82, 2.24) is 20.2 Å². The topological polar surface area (TPSA) is 58.1 Å². The summed E-state index contributed by atoms with van der Waals surface area (Å²) in [6.07, 6.45) is 3.54. The molecule has 1 aliphatic rings. The molecule has 0 spiro atoms. The number of hydrogen-bond donors (Lipinski definition) is 1. The Morgan fingerprint density at radius 3 is 2.71 bits per heavy atom. The summed E-state index contributed by atoms with van der Waals surface area (Å²) in [5.41, 5.74) is 1.03. The van der Waals surface area contributed by atoms with Gasteiger partial charge in [0, 0.05) is 38.6 Å². The molecular weight excluding hydrogens is 236 g/mol. The predicted molar refractivity (Wildman–Crippen MR) is 66.9 cm³/mol. The molecule has 1 aliphatic heterocycles. The second-order valence-electron chi connectivity index (χ2n) is 3.96. The summed E-state index contributed by atoms with van der Waals surface area (Å²) in [5, 5.41) is 3.89. The van der Waals surface area contributed by atoms with Crippen LogP contribution in [0, 0.1) is 6.92 Å². The Hall–Kier alpha value is -1.14. The Kier molecular flexibility index (Phi) is 4.33. The highest BCUT2D eigenvalue weighted by atomic mass is 32.2. The number of amides is 1. The van der Waals surface area contributed by atoms with Gasteiger partial charge in [0.15, 0.2) is 5.16 Å². The van der Waals surface area contributed by atoms with E-state index < -0.39 is 0 Å². The van der Waals surface area contributed by atoms with Crippen molar-refractivity contribution in [2.24, 2.45) is 0 Å². The number of aryl methyl sites for hydroxylation is 1. The number of thioether (sulfide) groups is 1. The molecule has 0 aliphatic carbocycles. The maximum Gasteiger partial charge on any atom is 0.233 e. The monoisotopic (exact) mass is 252 g/mol. The standard InChI is InChI=1S/C11H16N4OS/c1-9-6-13-11(14-7-9)17-8-10(16)15-4-2-12-3-5-15/h6-7,12H,2-5,8H2,1H3. The van der Waals surface area contributed by atoms with Gasteiger partial charge in [-0.2, -0.15) is 0 Å². The predicted octanol–water partition coefficient (Wildman–Crippen LogP) is 0.309. The number of carbonyl (C=O) groups is 1. The lowest BCUT2D eigenvalue weighted by Crippen LogP contribution is -2.47. The van der Waals surface area contributed by atoms with Crippen LogP contribution in [0.15, 0.2) is 17.6 Å². The number of aromatic nitrogens is 2. The minimum atomic E-state index is 0.167. The molecule has 1 aromatic heterocycles. The molecule has 0 atom stereocenters. The quantitative estimate of drug-likeness (QED) is 0.620. The van der Waals surface area contributed by atoms with Gasteiger partial charge < -0.3 is 10.2 Å². The van der Waals surface area contributed by atoms with E-state index in [4.69, 9.17) is 0 Å². The van der Waals surface area contributed by atoms with E-state index in [9.17, 15) is 4.79 Å². The van der Waals surface area contributed by atoms with E-state index >= 15 is 0 Å². The number of nitrogens with zero attached hydrogens (tertiary/aromatic N) is 3. The molecule has 0 saturated carbocycles. The van der Waals surface area contributed by atoms with Gasteiger partial charge in [-0.3, -0.25) is 4.79 Å². The van der Waals surface area contributed by atoms with E-state index in [1.54, 1.807) is 12.4 Å². The van der Waals surface area contributed by atoms with Crippen molar-refractivity contribution >= 4 is 17.7 Å². The summed E-state index contributed by atoms with van der Waals surface area (Å²) >= 11 is 1.40. The van der Waals surface area contributed by atoms with E-state index in [0.29, 0.717) is 10.9 Å². The van der Waals surface area contributed by atoms with E-state index in [-0.39, 0.29) is 5.91 Å². The molecule has 0 unspecified atom stereocenters. The van der Waals surface area contributed by atoms with Gasteiger partial charge in [0.2, 0.25) is 5.91 Å². The average molecular weight is 252 g/mol. The third kappa shape index (κ3) is 3.67. The molecule has 17 heavy (non-hydrogen) atoms. The Labute approximate surface area is 105 Å². The zero-order valence-electron chi connectivity index (χ0n) is 9.85. The molecule has 1 fully saturated rings. The molecule has 92 valence electrons. The smallest absolute Gasteiger partial charge is 0.233 e. The van der Waals surface area contributed by atoms with E-state index in [1.807, 2.05) is 11.8 Å². The number of carbonyl (C=O) groups excluding carboxylic acids is 1. The molecule has 1 saturated heterocycles. The summed E-state index contributed by atoms with van der Waals surface area (Å²) < 4.78 is 0. The van der Waals surface area contributed by atoms with Gasteiger partial charge in [-0.25, -0.2) is 9.97 Å². The SMILES string of the molecule is Cc1cnc(SCC(=O)N2CCNCC2)nc1. The molecule has 2 heterocycles. The summed E-state index contributed by atoms with van der Waals surface area (Å²) in [4.78, 5) is 22.1. The second kappa shape index (κ2) is 5.97. The number of nitrogens with one attached hydrogen (secondary N) is 1. The lowest BCUT2D eigenvalue weighted by atomic mass is 10.3. The van der Waals surface area contributed by atoms with Crippen LogP contribution in [0.25, 0.3) is 0 Å². The van der Waals surface area contributed by atoms with Crippen LogP contribution in [-0.2, 0) is 4.79 Å². The zero-order chi connectivity index (χ0) is 12.1. The van der Waals surface area contributed by atoms with Crippen LogP contribution < -0.4 is 5.32 Å². The maximum absolute atomic E-state index is 11.9. The first-order valence-corrected chi connectivity index (χ1v) is 6.64. The average Bonchev–Trinajstić information content (AvgIpc) is 2.39. The highest BCUT2D eigenvalue weighted by Gasteiger charge is 2.16.